The van der Waals surface area contributed by atoms with E-state index in [0.717, 1.165) is 17.0 Å². The third-order valence-corrected chi connectivity index (χ3v) is 5.48. The second-order valence-corrected chi connectivity index (χ2v) is 7.25. The van der Waals surface area contributed by atoms with Crippen molar-refractivity contribution in [1.82, 2.24) is 19.6 Å². The maximum Gasteiger partial charge on any atom is 0.328 e. The van der Waals surface area contributed by atoms with Gasteiger partial charge in [0.15, 0.2) is 12.2 Å². The molecule has 0 saturated carbocycles. The Morgan fingerprint density at radius 2 is 1.90 bits per heavy atom. The minimum absolute atomic E-state index is 0.411. The highest BCUT2D eigenvalue weighted by molar-refractivity contribution is 6.06. The number of methoxy groups -OCH3 is 1. The molecule has 152 valence electrons. The molecular weight excluding hydrogens is 374 g/mol. The van der Waals surface area contributed by atoms with E-state index >= 15 is 0 Å². The van der Waals surface area contributed by atoms with Crippen molar-refractivity contribution in [3.8, 4) is 0 Å². The van der Waals surface area contributed by atoms with Gasteiger partial charge in [0.25, 0.3) is 5.91 Å². The summed E-state index contributed by atoms with van der Waals surface area (Å²) in [6, 6.07) is 8.90. The number of hydrogen-bond acceptors (Lipinski definition) is 7. The lowest BCUT2D eigenvalue weighted by molar-refractivity contribution is -0.148. The number of benzene rings is 1. The van der Waals surface area contributed by atoms with E-state index in [1.807, 2.05) is 31.3 Å². The van der Waals surface area contributed by atoms with Gasteiger partial charge in [-0.05, 0) is 18.9 Å². The van der Waals surface area contributed by atoms with Gasteiger partial charge in [0, 0.05) is 25.5 Å². The Bertz CT molecular complexity index is 913. The highest BCUT2D eigenvalue weighted by atomic mass is 16.5. The molecule has 0 aromatic heterocycles. The van der Waals surface area contributed by atoms with E-state index < -0.39 is 36.7 Å². The second kappa shape index (κ2) is 7.23. The smallest absolute Gasteiger partial charge is 0.328 e. The normalized spacial score (nSPS) is 23.1. The van der Waals surface area contributed by atoms with Crippen molar-refractivity contribution in [3.05, 3.63) is 47.8 Å². The van der Waals surface area contributed by atoms with Crippen LogP contribution in [0.1, 0.15) is 12.5 Å². The fraction of sp³-hybridized carbons (Fsp3) is 0.400. The Morgan fingerprint density at radius 3 is 2.59 bits per heavy atom. The van der Waals surface area contributed by atoms with Crippen LogP contribution < -0.4 is 0 Å². The molecule has 1 aromatic rings. The molecule has 2 unspecified atom stereocenters. The maximum absolute atomic E-state index is 13.1. The molecule has 3 amide bonds. The van der Waals surface area contributed by atoms with E-state index in [1.54, 1.807) is 11.9 Å². The van der Waals surface area contributed by atoms with Crippen LogP contribution in [0.25, 0.3) is 0 Å². The molecule has 0 aliphatic carbocycles. The van der Waals surface area contributed by atoms with Gasteiger partial charge in [-0.2, -0.15) is 0 Å². The van der Waals surface area contributed by atoms with Crippen LogP contribution in [-0.2, 0) is 20.7 Å². The number of rotatable bonds is 5. The monoisotopic (exact) mass is 397 g/mol. The standard InChI is InChI=1S/C20H23N5O4/c1-13-11-24-16-17(22(2)20(28)25(18(16)27)12-15(26)29-3)21-19(24)23(13)10-9-14-7-5-4-6-8-14/h4-8,11,16-17H,9-10,12H2,1-3H3. The Labute approximate surface area is 168 Å². The van der Waals surface area contributed by atoms with Crippen LogP contribution in [0.5, 0.6) is 0 Å². The van der Waals surface area contributed by atoms with Gasteiger partial charge in [-0.25, -0.2) is 9.79 Å². The summed E-state index contributed by atoms with van der Waals surface area (Å²) < 4.78 is 4.62. The Hall–Kier alpha value is -3.36. The lowest BCUT2D eigenvalue weighted by atomic mass is 10.1. The zero-order chi connectivity index (χ0) is 20.7. The number of urea groups is 1. The first-order chi connectivity index (χ1) is 13.9. The van der Waals surface area contributed by atoms with Crippen LogP contribution >= 0.6 is 0 Å². The van der Waals surface area contributed by atoms with Crippen molar-refractivity contribution in [3.63, 3.8) is 0 Å². The SMILES string of the molecule is COC(=O)CN1C(=O)C2C(N=C3N(CCc4ccccc4)C(C)=CN32)N(C)C1=O. The van der Waals surface area contributed by atoms with Crippen molar-refractivity contribution >= 4 is 23.9 Å². The number of hydrogen-bond donors (Lipinski definition) is 0. The van der Waals surface area contributed by atoms with Crippen molar-refractivity contribution in [2.75, 3.05) is 27.2 Å². The lowest BCUT2D eigenvalue weighted by Crippen LogP contribution is -2.65. The highest BCUT2D eigenvalue weighted by Gasteiger charge is 2.54. The minimum Gasteiger partial charge on any atom is -0.468 e. The van der Waals surface area contributed by atoms with Crippen molar-refractivity contribution in [2.24, 2.45) is 4.99 Å². The first kappa shape index (κ1) is 19.0. The van der Waals surface area contributed by atoms with Crippen LogP contribution in [0.4, 0.5) is 4.79 Å². The second-order valence-electron chi connectivity index (χ2n) is 7.25. The number of carbonyl (C=O) groups is 3. The number of imide groups is 1. The van der Waals surface area contributed by atoms with Crippen LogP contribution in [0, 0.1) is 0 Å². The van der Waals surface area contributed by atoms with Gasteiger partial charge in [0.1, 0.15) is 6.54 Å². The summed E-state index contributed by atoms with van der Waals surface area (Å²) in [4.78, 5) is 48.2. The number of ether oxygens (including phenoxy) is 1. The summed E-state index contributed by atoms with van der Waals surface area (Å²) in [5.74, 6) is -0.437. The first-order valence-corrected chi connectivity index (χ1v) is 9.43. The van der Waals surface area contributed by atoms with Crippen LogP contribution in [0.3, 0.4) is 0 Å². The summed E-state index contributed by atoms with van der Waals surface area (Å²) in [6.45, 7) is 2.26. The molecule has 3 aliphatic rings. The number of guanidine groups is 1. The fourth-order valence-electron chi connectivity index (χ4n) is 3.90. The highest BCUT2D eigenvalue weighted by Crippen LogP contribution is 2.33. The molecule has 0 bridgehead atoms. The number of aliphatic imine (C=N–C) groups is 1. The maximum atomic E-state index is 13.1. The largest absolute Gasteiger partial charge is 0.468 e. The Balaban J connectivity index is 1.56. The lowest BCUT2D eigenvalue weighted by Gasteiger charge is -2.39. The fourth-order valence-corrected chi connectivity index (χ4v) is 3.90. The average Bonchev–Trinajstić information content (AvgIpc) is 3.23. The molecule has 0 N–H and O–H groups in total. The number of carbonyl (C=O) groups excluding carboxylic acids is 3. The van der Waals surface area contributed by atoms with Gasteiger partial charge in [-0.15, -0.1) is 0 Å². The van der Waals surface area contributed by atoms with E-state index in [9.17, 15) is 14.4 Å². The van der Waals surface area contributed by atoms with E-state index in [0.29, 0.717) is 12.5 Å². The van der Waals surface area contributed by atoms with Crippen LogP contribution in [-0.4, -0.2) is 82.9 Å². The molecule has 3 heterocycles. The summed E-state index contributed by atoms with van der Waals surface area (Å²) in [6.07, 6.45) is 2.08. The summed E-state index contributed by atoms with van der Waals surface area (Å²) in [5.41, 5.74) is 2.19. The number of allylic oxidation sites excluding steroid dienone is 1. The van der Waals surface area contributed by atoms with Gasteiger partial charge < -0.3 is 19.4 Å². The zero-order valence-electron chi connectivity index (χ0n) is 16.6. The number of fused-ring (bicyclic) bond motifs is 3. The third kappa shape index (κ3) is 3.12. The first-order valence-electron chi connectivity index (χ1n) is 9.43. The van der Waals surface area contributed by atoms with Crippen LogP contribution in [0.15, 0.2) is 47.2 Å². The number of amides is 3. The van der Waals surface area contributed by atoms with E-state index in [2.05, 4.69) is 26.8 Å². The number of nitrogens with zero attached hydrogens (tertiary/aromatic N) is 5. The van der Waals surface area contributed by atoms with Gasteiger partial charge >= 0.3 is 12.0 Å². The number of esters is 1. The molecule has 4 rings (SSSR count). The Kier molecular flexibility index (Phi) is 4.73. The van der Waals surface area contributed by atoms with E-state index in [4.69, 9.17) is 0 Å². The minimum atomic E-state index is -0.686. The van der Waals surface area contributed by atoms with Crippen molar-refractivity contribution in [1.29, 1.82) is 0 Å². The predicted molar refractivity (Wildman–Crippen MR) is 104 cm³/mol. The van der Waals surface area contributed by atoms with E-state index in [-0.39, 0.29) is 0 Å². The summed E-state index contributed by atoms with van der Waals surface area (Å²) >= 11 is 0. The molecule has 3 aliphatic heterocycles. The van der Waals surface area contributed by atoms with Gasteiger partial charge in [0.2, 0.25) is 5.96 Å². The van der Waals surface area contributed by atoms with Crippen molar-refractivity contribution in [2.45, 2.75) is 25.6 Å². The molecule has 29 heavy (non-hydrogen) atoms. The Morgan fingerprint density at radius 1 is 1.17 bits per heavy atom. The summed E-state index contributed by atoms with van der Waals surface area (Å²) in [7, 11) is 2.82. The third-order valence-electron chi connectivity index (χ3n) is 5.48. The van der Waals surface area contributed by atoms with Gasteiger partial charge in [0.05, 0.1) is 7.11 Å². The quantitative estimate of drug-likeness (QED) is 0.685. The van der Waals surface area contributed by atoms with Crippen molar-refractivity contribution < 1.29 is 19.1 Å². The molecule has 0 radical (unpaired) electrons. The molecule has 2 atom stereocenters. The van der Waals surface area contributed by atoms with Gasteiger partial charge in [-0.3, -0.25) is 14.5 Å². The molecule has 1 saturated heterocycles. The molecule has 9 heteroatoms. The van der Waals surface area contributed by atoms with E-state index in [1.165, 1.54) is 17.6 Å². The zero-order valence-corrected chi connectivity index (χ0v) is 16.6. The molecule has 0 spiro atoms. The van der Waals surface area contributed by atoms with Gasteiger partial charge in [-0.1, -0.05) is 30.3 Å². The predicted octanol–water partition coefficient (Wildman–Crippen LogP) is 0.839. The summed E-state index contributed by atoms with van der Waals surface area (Å²) in [5, 5.41) is 0. The number of likely N-dealkylation sites (N-methyl/N-ethyl adjacent to an activating group) is 1. The molecule has 9 nitrogen and oxygen atoms in total. The molecular formula is C20H23N5O4. The van der Waals surface area contributed by atoms with Crippen LogP contribution in [0.2, 0.25) is 0 Å². The topological polar surface area (TPSA) is 85.8 Å². The average molecular weight is 397 g/mol. The molecule has 1 aromatic carbocycles. The molecule has 1 fully saturated rings.